The minimum Gasteiger partial charge on any atom is -0.390 e. The Kier molecular flexibility index (Phi) is 8.80. The van der Waals surface area contributed by atoms with E-state index in [0.717, 1.165) is 18.5 Å². The van der Waals surface area contributed by atoms with E-state index in [-0.39, 0.29) is 5.91 Å². The maximum atomic E-state index is 13.9. The van der Waals surface area contributed by atoms with Gasteiger partial charge in [0.2, 0.25) is 0 Å². The third-order valence-corrected chi connectivity index (χ3v) is 5.41. The van der Waals surface area contributed by atoms with Crippen LogP contribution in [-0.2, 0) is 6.42 Å². The first-order valence-electron chi connectivity index (χ1n) is 10.3. The number of hydrogen-bond acceptors (Lipinski definition) is 3. The second kappa shape index (κ2) is 11.1. The second-order valence-electron chi connectivity index (χ2n) is 7.98. The highest BCUT2D eigenvalue weighted by atomic mass is 19.1. The molecule has 0 fully saturated rings. The number of rotatable bonds is 10. The molecule has 0 radical (unpaired) electrons. The number of aliphatic hydroxyl groups excluding tert-OH is 1. The summed E-state index contributed by atoms with van der Waals surface area (Å²) in [6.07, 6.45) is 0.824. The van der Waals surface area contributed by atoms with Gasteiger partial charge in [-0.25, -0.2) is 4.39 Å². The minimum absolute atomic E-state index is 0.295. The summed E-state index contributed by atoms with van der Waals surface area (Å²) in [6.45, 7) is 7.24. The molecule has 0 aliphatic carbocycles. The van der Waals surface area contributed by atoms with E-state index in [1.807, 2.05) is 37.4 Å². The molecule has 0 bridgehead atoms. The molecule has 0 heterocycles. The Labute approximate surface area is 173 Å². The molecule has 2 rings (SSSR count). The van der Waals surface area contributed by atoms with Crippen molar-refractivity contribution in [1.29, 1.82) is 0 Å². The third kappa shape index (κ3) is 6.94. The molecule has 0 aliphatic heterocycles. The number of aliphatic hydroxyl groups is 1. The van der Waals surface area contributed by atoms with Crippen molar-refractivity contribution in [3.05, 3.63) is 71.0 Å². The van der Waals surface area contributed by atoms with E-state index in [1.54, 1.807) is 13.0 Å². The fraction of sp³-hybridized carbons (Fsp3) is 0.458. The van der Waals surface area contributed by atoms with Crippen molar-refractivity contribution < 1.29 is 14.3 Å². The lowest BCUT2D eigenvalue weighted by atomic mass is 9.99. The first-order valence-corrected chi connectivity index (χ1v) is 10.3. The van der Waals surface area contributed by atoms with Gasteiger partial charge in [0.25, 0.3) is 5.91 Å². The molecule has 0 spiro atoms. The van der Waals surface area contributed by atoms with Crippen molar-refractivity contribution >= 4 is 5.91 Å². The van der Waals surface area contributed by atoms with E-state index in [0.29, 0.717) is 30.0 Å². The Balaban J connectivity index is 2.15. The number of carbonyl (C=O) groups excluding carboxylic acids is 1. The van der Waals surface area contributed by atoms with Gasteiger partial charge in [0.1, 0.15) is 5.82 Å². The van der Waals surface area contributed by atoms with Gasteiger partial charge in [0, 0.05) is 18.7 Å². The molecule has 4 nitrogen and oxygen atoms in total. The van der Waals surface area contributed by atoms with E-state index in [4.69, 9.17) is 0 Å². The van der Waals surface area contributed by atoms with Gasteiger partial charge in [-0.2, -0.15) is 0 Å². The van der Waals surface area contributed by atoms with Crippen LogP contribution >= 0.6 is 0 Å². The number of carbonyl (C=O) groups is 1. The van der Waals surface area contributed by atoms with E-state index >= 15 is 0 Å². The van der Waals surface area contributed by atoms with Crippen LogP contribution < -0.4 is 5.32 Å². The van der Waals surface area contributed by atoms with E-state index < -0.39 is 18.0 Å². The number of benzene rings is 2. The Morgan fingerprint density at radius 1 is 1.14 bits per heavy atom. The number of nitrogens with one attached hydrogen (secondary N) is 1. The molecular formula is C24H33FN2O2. The predicted octanol–water partition coefficient (Wildman–Crippen LogP) is 3.81. The maximum absolute atomic E-state index is 13.9. The van der Waals surface area contributed by atoms with Crippen molar-refractivity contribution in [2.45, 2.75) is 45.8 Å². The zero-order chi connectivity index (χ0) is 21.4. The van der Waals surface area contributed by atoms with Gasteiger partial charge in [-0.3, -0.25) is 4.79 Å². The lowest BCUT2D eigenvalue weighted by molar-refractivity contribution is 0.0700. The molecule has 3 atom stereocenters. The highest BCUT2D eigenvalue weighted by Gasteiger charge is 2.25. The van der Waals surface area contributed by atoms with Crippen molar-refractivity contribution in [1.82, 2.24) is 10.2 Å². The van der Waals surface area contributed by atoms with Gasteiger partial charge >= 0.3 is 0 Å². The van der Waals surface area contributed by atoms with Crippen LogP contribution in [0.15, 0.2) is 48.5 Å². The smallest absolute Gasteiger partial charge is 0.251 e. The Bertz CT molecular complexity index is 782. The average Bonchev–Trinajstić information content (AvgIpc) is 2.69. The van der Waals surface area contributed by atoms with Crippen molar-refractivity contribution in [3.8, 4) is 0 Å². The zero-order valence-electron chi connectivity index (χ0n) is 17.9. The SMILES string of the molecule is CC[C@H](C)CN(C)CC(O)C(Cc1ccccc1)NC(=O)c1cccc(F)c1C. The van der Waals surface area contributed by atoms with Crippen LogP contribution in [0.4, 0.5) is 4.39 Å². The summed E-state index contributed by atoms with van der Waals surface area (Å²) < 4.78 is 13.9. The van der Waals surface area contributed by atoms with Crippen molar-refractivity contribution in [3.63, 3.8) is 0 Å². The van der Waals surface area contributed by atoms with Crippen LogP contribution in [0.3, 0.4) is 0 Å². The highest BCUT2D eigenvalue weighted by molar-refractivity contribution is 5.95. The van der Waals surface area contributed by atoms with Crippen LogP contribution in [-0.4, -0.2) is 48.2 Å². The molecule has 2 aromatic carbocycles. The van der Waals surface area contributed by atoms with E-state index in [1.165, 1.54) is 12.1 Å². The summed E-state index contributed by atoms with van der Waals surface area (Å²) >= 11 is 0. The fourth-order valence-electron chi connectivity index (χ4n) is 3.43. The van der Waals surface area contributed by atoms with Gasteiger partial charge < -0.3 is 15.3 Å². The number of amides is 1. The number of halogens is 1. The van der Waals surface area contributed by atoms with Crippen LogP contribution in [0.2, 0.25) is 0 Å². The second-order valence-corrected chi connectivity index (χ2v) is 7.98. The average molecular weight is 401 g/mol. The lowest BCUT2D eigenvalue weighted by Crippen LogP contribution is -2.49. The van der Waals surface area contributed by atoms with Crippen molar-refractivity contribution in [2.75, 3.05) is 20.1 Å². The summed E-state index contributed by atoms with van der Waals surface area (Å²) in [5.41, 5.74) is 1.63. The molecule has 0 aromatic heterocycles. The molecular weight excluding hydrogens is 367 g/mol. The standard InChI is InChI=1S/C24H33FN2O2/c1-5-17(2)15-27(4)16-23(28)22(14-19-10-7-6-8-11-19)26-24(29)20-12-9-13-21(25)18(20)3/h6-13,17,22-23,28H,5,14-16H2,1-4H3,(H,26,29)/t17-,22?,23?/m0/s1. The molecule has 0 saturated carbocycles. The molecule has 2 N–H and O–H groups in total. The highest BCUT2D eigenvalue weighted by Crippen LogP contribution is 2.14. The van der Waals surface area contributed by atoms with Gasteiger partial charge in [0.15, 0.2) is 0 Å². The molecule has 29 heavy (non-hydrogen) atoms. The Hall–Kier alpha value is -2.24. The molecule has 0 saturated heterocycles. The van der Waals surface area contributed by atoms with Gasteiger partial charge in [0.05, 0.1) is 12.1 Å². The first kappa shape index (κ1) is 23.0. The van der Waals surface area contributed by atoms with Crippen LogP contribution in [0.5, 0.6) is 0 Å². The Morgan fingerprint density at radius 2 is 1.83 bits per heavy atom. The third-order valence-electron chi connectivity index (χ3n) is 5.41. The predicted molar refractivity (Wildman–Crippen MR) is 115 cm³/mol. The van der Waals surface area contributed by atoms with Gasteiger partial charge in [-0.05, 0) is 49.6 Å². The first-order chi connectivity index (χ1) is 13.8. The molecule has 5 heteroatoms. The Morgan fingerprint density at radius 3 is 2.48 bits per heavy atom. The van der Waals surface area contributed by atoms with Gasteiger partial charge in [-0.1, -0.05) is 56.7 Å². The topological polar surface area (TPSA) is 52.6 Å². The van der Waals surface area contributed by atoms with E-state index in [2.05, 4.69) is 24.1 Å². The van der Waals surface area contributed by atoms with E-state index in [9.17, 15) is 14.3 Å². The monoisotopic (exact) mass is 400 g/mol. The van der Waals surface area contributed by atoms with Crippen LogP contribution in [0.25, 0.3) is 0 Å². The zero-order valence-corrected chi connectivity index (χ0v) is 17.9. The fourth-order valence-corrected chi connectivity index (χ4v) is 3.43. The van der Waals surface area contributed by atoms with Crippen molar-refractivity contribution in [2.24, 2.45) is 5.92 Å². The number of hydrogen-bond donors (Lipinski definition) is 2. The molecule has 0 aliphatic rings. The largest absolute Gasteiger partial charge is 0.390 e. The number of likely N-dealkylation sites (N-methyl/N-ethyl adjacent to an activating group) is 1. The minimum atomic E-state index is -0.748. The summed E-state index contributed by atoms with van der Waals surface area (Å²) in [6, 6.07) is 13.7. The lowest BCUT2D eigenvalue weighted by Gasteiger charge is -2.29. The summed E-state index contributed by atoms with van der Waals surface area (Å²) in [5, 5.41) is 13.9. The molecule has 1 amide bonds. The maximum Gasteiger partial charge on any atom is 0.251 e. The normalized spacial score (nSPS) is 14.4. The van der Waals surface area contributed by atoms with Gasteiger partial charge in [-0.15, -0.1) is 0 Å². The quantitative estimate of drug-likeness (QED) is 0.638. The summed E-state index contributed by atoms with van der Waals surface area (Å²) in [7, 11) is 1.98. The molecule has 2 unspecified atom stereocenters. The summed E-state index contributed by atoms with van der Waals surface area (Å²) in [4.78, 5) is 14.9. The molecule has 2 aromatic rings. The number of nitrogens with zero attached hydrogens (tertiary/aromatic N) is 1. The van der Waals surface area contributed by atoms with Crippen LogP contribution in [0, 0.1) is 18.7 Å². The summed E-state index contributed by atoms with van der Waals surface area (Å²) in [5.74, 6) is -0.248. The molecule has 158 valence electrons. The van der Waals surface area contributed by atoms with Crippen LogP contribution in [0.1, 0.15) is 41.8 Å².